The number of carbonyl (C=O) groups is 3. The van der Waals surface area contributed by atoms with Crippen LogP contribution in [-0.4, -0.2) is 67.5 Å². The Balaban J connectivity index is 1.36. The molecule has 1 N–H and O–H groups in total. The second kappa shape index (κ2) is 14.9. The number of hydrogen-bond acceptors (Lipinski definition) is 7. The van der Waals surface area contributed by atoms with E-state index in [9.17, 15) is 18.8 Å². The maximum absolute atomic E-state index is 14.6. The Morgan fingerprint density at radius 2 is 1.81 bits per heavy atom. The zero-order valence-electron chi connectivity index (χ0n) is 27.3. The highest BCUT2D eigenvalue weighted by molar-refractivity contribution is 6.30. The van der Waals surface area contributed by atoms with E-state index in [2.05, 4.69) is 26.4 Å². The number of ketones is 1. The van der Waals surface area contributed by atoms with Gasteiger partial charge in [-0.3, -0.25) is 19.1 Å². The number of carbonyl (C=O) groups excluding carboxylic acids is 3. The fraction of sp³-hybridized carbons (Fsp3) is 0.444. The molecule has 0 radical (unpaired) electrons. The Morgan fingerprint density at radius 1 is 1.06 bits per heavy atom. The maximum atomic E-state index is 14.6. The van der Waals surface area contributed by atoms with Gasteiger partial charge in [0.15, 0.2) is 5.78 Å². The van der Waals surface area contributed by atoms with Crippen molar-refractivity contribution in [3.8, 4) is 11.1 Å². The van der Waals surface area contributed by atoms with E-state index in [1.54, 1.807) is 29.2 Å². The summed E-state index contributed by atoms with van der Waals surface area (Å²) in [5.41, 5.74) is 3.96. The molecule has 0 unspecified atom stereocenters. The molecule has 2 atom stereocenters. The van der Waals surface area contributed by atoms with Gasteiger partial charge in [0, 0.05) is 55.5 Å². The van der Waals surface area contributed by atoms with Gasteiger partial charge in [0.2, 0.25) is 11.8 Å². The summed E-state index contributed by atoms with van der Waals surface area (Å²) in [6.45, 7) is 3.85. The van der Waals surface area contributed by atoms with Gasteiger partial charge >= 0.3 is 0 Å². The maximum Gasteiger partial charge on any atom is 0.245 e. The van der Waals surface area contributed by atoms with Gasteiger partial charge in [0.05, 0.1) is 16.6 Å². The lowest BCUT2D eigenvalue weighted by atomic mass is 9.96. The van der Waals surface area contributed by atoms with Crippen LogP contribution in [0.3, 0.4) is 0 Å². The molecule has 0 saturated carbocycles. The predicted molar refractivity (Wildman–Crippen MR) is 180 cm³/mol. The van der Waals surface area contributed by atoms with Gasteiger partial charge in [-0.05, 0) is 61.9 Å². The number of amides is 2. The highest BCUT2D eigenvalue weighted by Gasteiger charge is 2.42. The Morgan fingerprint density at radius 3 is 2.58 bits per heavy atom. The number of nitrogens with zero attached hydrogens (tertiary/aromatic N) is 5. The van der Waals surface area contributed by atoms with Crippen LogP contribution in [0.25, 0.3) is 22.0 Å². The summed E-state index contributed by atoms with van der Waals surface area (Å²) in [4.78, 5) is 51.0. The van der Waals surface area contributed by atoms with Crippen LogP contribution in [0.15, 0.2) is 42.7 Å². The molecular weight excluding hydrogens is 635 g/mol. The van der Waals surface area contributed by atoms with Crippen LogP contribution in [0.1, 0.15) is 79.3 Å². The van der Waals surface area contributed by atoms with Crippen LogP contribution in [0, 0.1) is 12.7 Å². The van der Waals surface area contributed by atoms with Crippen LogP contribution in [-0.2, 0) is 33.8 Å². The highest BCUT2D eigenvalue weighted by atomic mass is 35.5. The standard InChI is InChI=1S/C36H40ClFN6O4/c1-22(45)33-28-17-26(27-19-39-23(2)40-20-27)16-24-10-7-5-3-4-6-8-15-48-30-13-14-43(31(46)21-44(42-33)34(24)28)35(30)36(47)41-18-25-11-9-12-29(37)32(25)38/h9,11-12,16-17,19-20,30,35H,3-8,10,13-15,18,21H2,1-2H3,(H,41,47)/t30-,35+/m1/s1. The lowest BCUT2D eigenvalue weighted by molar-refractivity contribution is -0.142. The quantitative estimate of drug-likeness (QED) is 0.258. The van der Waals surface area contributed by atoms with Crippen molar-refractivity contribution in [1.82, 2.24) is 30.0 Å². The van der Waals surface area contributed by atoms with Crippen LogP contribution in [0.4, 0.5) is 4.39 Å². The fourth-order valence-electron chi connectivity index (χ4n) is 6.76. The van der Waals surface area contributed by atoms with E-state index in [1.165, 1.54) is 17.9 Å². The summed E-state index contributed by atoms with van der Waals surface area (Å²) in [5.74, 6) is -0.885. The molecule has 48 heavy (non-hydrogen) atoms. The van der Waals surface area contributed by atoms with Crippen molar-refractivity contribution in [2.75, 3.05) is 13.2 Å². The number of ether oxygens (including phenoxy) is 1. The SMILES string of the molecule is CC(=O)c1nn2c3c(cc(-c4cnc(C)nc4)cc13)CCCCCCCCO[C@@H]1CCN(C(=O)C2)[C@@H]1C(=O)NCc1cccc(Cl)c1F. The molecule has 4 aromatic rings. The Bertz CT molecular complexity index is 1830. The molecule has 252 valence electrons. The van der Waals surface area contributed by atoms with Gasteiger partial charge in [0.1, 0.15) is 29.9 Å². The zero-order valence-corrected chi connectivity index (χ0v) is 28.1. The largest absolute Gasteiger partial charge is 0.375 e. The number of fused-ring (bicyclic) bond motifs is 2. The van der Waals surface area contributed by atoms with E-state index in [4.69, 9.17) is 16.3 Å². The zero-order chi connectivity index (χ0) is 33.8. The van der Waals surface area contributed by atoms with Gasteiger partial charge in [-0.15, -0.1) is 0 Å². The summed E-state index contributed by atoms with van der Waals surface area (Å²) in [5, 5.41) is 8.14. The van der Waals surface area contributed by atoms with Crippen molar-refractivity contribution in [2.45, 2.75) is 90.4 Å². The molecule has 2 amide bonds. The summed E-state index contributed by atoms with van der Waals surface area (Å²) in [6.07, 6.45) is 10.3. The van der Waals surface area contributed by atoms with Crippen LogP contribution < -0.4 is 5.32 Å². The first kappa shape index (κ1) is 33.7. The Labute approximate surface area is 284 Å². The summed E-state index contributed by atoms with van der Waals surface area (Å²) < 4.78 is 22.4. The minimum absolute atomic E-state index is 0.0281. The molecule has 4 heterocycles. The summed E-state index contributed by atoms with van der Waals surface area (Å²) in [6, 6.07) is 7.73. The van der Waals surface area contributed by atoms with E-state index < -0.39 is 23.9 Å². The minimum atomic E-state index is -0.905. The van der Waals surface area contributed by atoms with Crippen molar-refractivity contribution in [1.29, 1.82) is 0 Å². The van der Waals surface area contributed by atoms with Crippen molar-refractivity contribution in [3.63, 3.8) is 0 Å². The Hall–Kier alpha value is -4.22. The molecule has 1 saturated heterocycles. The van der Waals surface area contributed by atoms with Gasteiger partial charge in [-0.2, -0.15) is 5.10 Å². The lowest BCUT2D eigenvalue weighted by Gasteiger charge is -2.27. The van der Waals surface area contributed by atoms with Crippen LogP contribution in [0.2, 0.25) is 5.02 Å². The number of halogens is 2. The highest BCUT2D eigenvalue weighted by Crippen LogP contribution is 2.32. The van der Waals surface area contributed by atoms with E-state index >= 15 is 0 Å². The molecular formula is C36H40ClFN6O4. The molecule has 2 aliphatic heterocycles. The normalized spacial score (nSPS) is 19.3. The number of benzene rings is 2. The number of nitrogens with one attached hydrogen (secondary N) is 1. The molecule has 12 heteroatoms. The molecule has 0 aliphatic carbocycles. The average molecular weight is 675 g/mol. The Kier molecular flexibility index (Phi) is 10.5. The average Bonchev–Trinajstić information content (AvgIpc) is 3.66. The van der Waals surface area contributed by atoms with Gasteiger partial charge in [0.25, 0.3) is 0 Å². The number of rotatable bonds is 5. The minimum Gasteiger partial charge on any atom is -0.375 e. The lowest BCUT2D eigenvalue weighted by Crippen LogP contribution is -2.51. The number of Topliss-reactive ketones (excluding diaryl/α,β-unsaturated/α-hetero) is 1. The molecule has 10 nitrogen and oxygen atoms in total. The second-order valence-corrected chi connectivity index (χ2v) is 13.1. The predicted octanol–water partition coefficient (Wildman–Crippen LogP) is 6.00. The first-order valence-electron chi connectivity index (χ1n) is 16.7. The summed E-state index contributed by atoms with van der Waals surface area (Å²) in [7, 11) is 0. The molecule has 1 fully saturated rings. The van der Waals surface area contributed by atoms with Gasteiger partial charge in [-0.25, -0.2) is 14.4 Å². The third-order valence-corrected chi connectivity index (χ3v) is 9.54. The smallest absolute Gasteiger partial charge is 0.245 e. The van der Waals surface area contributed by atoms with Crippen LogP contribution >= 0.6 is 11.6 Å². The van der Waals surface area contributed by atoms with Gasteiger partial charge in [-0.1, -0.05) is 49.4 Å². The third kappa shape index (κ3) is 7.27. The van der Waals surface area contributed by atoms with E-state index in [0.29, 0.717) is 30.8 Å². The third-order valence-electron chi connectivity index (χ3n) is 9.24. The van der Waals surface area contributed by atoms with Crippen molar-refractivity contribution in [2.24, 2.45) is 0 Å². The molecule has 2 aromatic heterocycles. The fourth-order valence-corrected chi connectivity index (χ4v) is 6.95. The summed E-state index contributed by atoms with van der Waals surface area (Å²) >= 11 is 5.95. The topological polar surface area (TPSA) is 119 Å². The van der Waals surface area contributed by atoms with E-state index in [-0.39, 0.29) is 41.1 Å². The first-order valence-corrected chi connectivity index (χ1v) is 17.0. The molecule has 2 bridgehead atoms. The molecule has 2 aliphatic rings. The van der Waals surface area contributed by atoms with Gasteiger partial charge < -0.3 is 15.0 Å². The van der Waals surface area contributed by atoms with Crippen molar-refractivity contribution in [3.05, 3.63) is 76.2 Å². The first-order chi connectivity index (χ1) is 23.2. The second-order valence-electron chi connectivity index (χ2n) is 12.6. The van der Waals surface area contributed by atoms with Crippen molar-refractivity contribution < 1.29 is 23.5 Å². The molecule has 0 spiro atoms. The number of aryl methyl sites for hydroxylation is 2. The number of aromatic nitrogens is 4. The van der Waals surface area contributed by atoms with Crippen molar-refractivity contribution >= 4 is 40.1 Å². The van der Waals surface area contributed by atoms with E-state index in [0.717, 1.165) is 67.2 Å². The monoisotopic (exact) mass is 674 g/mol. The van der Waals surface area contributed by atoms with Crippen LogP contribution in [0.5, 0.6) is 0 Å². The molecule has 6 rings (SSSR count). The molecule has 2 aromatic carbocycles. The van der Waals surface area contributed by atoms with E-state index in [1.807, 2.05) is 13.0 Å². The number of hydrogen-bond donors (Lipinski definition) is 1.